The number of rotatable bonds is 8. The quantitative estimate of drug-likeness (QED) is 0.147. The Hall–Kier alpha value is -13.2. The van der Waals surface area contributed by atoms with Gasteiger partial charge in [0.2, 0.25) is 0 Å². The molecule has 0 amide bonds. The van der Waals surface area contributed by atoms with Gasteiger partial charge in [0.15, 0.2) is 0 Å². The number of fused-ring (bicyclic) bond motifs is 12. The highest BCUT2D eigenvalue weighted by Gasteiger charge is 2.27. The van der Waals surface area contributed by atoms with Crippen molar-refractivity contribution in [2.45, 2.75) is 27.2 Å². The van der Waals surface area contributed by atoms with E-state index >= 15 is 0 Å². The minimum Gasteiger partial charge on any atom is -0.308 e. The maximum absolute atomic E-state index is 11.1. The predicted molar refractivity (Wildman–Crippen MR) is 366 cm³/mol. The van der Waals surface area contributed by atoms with Crippen molar-refractivity contribution in [1.29, 1.82) is 31.6 Å². The van der Waals surface area contributed by atoms with Crippen molar-refractivity contribution < 1.29 is 0 Å². The van der Waals surface area contributed by atoms with Crippen molar-refractivity contribution in [2.75, 3.05) is 0 Å². The van der Waals surface area contributed by atoms with Crippen LogP contribution < -0.4 is 0 Å². The van der Waals surface area contributed by atoms with Crippen LogP contribution in [0.15, 0.2) is 224 Å². The number of aromatic nitrogens is 4. The van der Waals surface area contributed by atoms with Crippen molar-refractivity contribution in [2.24, 2.45) is 0 Å². The first-order chi connectivity index (χ1) is 45.0. The Morgan fingerprint density at radius 1 is 0.272 bits per heavy atom. The average molecular weight is 1170 g/mol. The smallest absolute Gasteiger partial charge is 0.0993 e. The summed E-state index contributed by atoms with van der Waals surface area (Å²) in [5.41, 5.74) is 21.0. The second-order valence-electron chi connectivity index (χ2n) is 23.8. The van der Waals surface area contributed by atoms with Crippen molar-refractivity contribution in [3.8, 4) is 81.4 Å². The third-order valence-electron chi connectivity index (χ3n) is 18.3. The summed E-state index contributed by atoms with van der Waals surface area (Å²) in [6, 6.07) is 89.8. The molecule has 10 nitrogen and oxygen atoms in total. The minimum absolute atomic E-state index is 0.345. The van der Waals surface area contributed by atoms with E-state index in [9.17, 15) is 31.6 Å². The summed E-state index contributed by atoms with van der Waals surface area (Å²) in [5, 5.41) is 72.3. The second kappa shape index (κ2) is 21.0. The van der Waals surface area contributed by atoms with Gasteiger partial charge in [0.25, 0.3) is 0 Å². The molecule has 16 rings (SSSR count). The molecule has 0 aliphatic heterocycles. The fourth-order valence-electron chi connectivity index (χ4n) is 14.4. The molecule has 4 heterocycles. The largest absolute Gasteiger partial charge is 0.308 e. The lowest BCUT2D eigenvalue weighted by Gasteiger charge is -2.21. The van der Waals surface area contributed by atoms with Crippen molar-refractivity contribution in [1.82, 2.24) is 18.3 Å². The molecule has 10 heteroatoms. The van der Waals surface area contributed by atoms with Crippen LogP contribution in [0.25, 0.3) is 132 Å². The van der Waals surface area contributed by atoms with Gasteiger partial charge >= 0.3 is 0 Å². The molecule has 92 heavy (non-hydrogen) atoms. The molecule has 0 aliphatic carbocycles. The zero-order valence-corrected chi connectivity index (χ0v) is 50.0. The molecule has 0 N–H and O–H groups in total. The molecule has 426 valence electrons. The topological polar surface area (TPSA) is 162 Å². The monoisotopic (exact) mass is 1170 g/mol. The Balaban J connectivity index is 0.901. The van der Waals surface area contributed by atoms with E-state index in [0.717, 1.165) is 149 Å². The summed E-state index contributed by atoms with van der Waals surface area (Å²) >= 11 is 0. The molecule has 0 atom stereocenters. The van der Waals surface area contributed by atoms with E-state index in [4.69, 9.17) is 0 Å². The molecule has 0 radical (unpaired) electrons. The van der Waals surface area contributed by atoms with Gasteiger partial charge < -0.3 is 18.3 Å². The number of aryl methyl sites for hydroxylation is 3. The minimum atomic E-state index is 0.345. The van der Waals surface area contributed by atoms with Gasteiger partial charge in [-0.2, -0.15) is 31.6 Å². The van der Waals surface area contributed by atoms with Gasteiger partial charge in [0, 0.05) is 54.2 Å². The third-order valence-corrected chi connectivity index (χ3v) is 18.3. The highest BCUT2D eigenvalue weighted by atomic mass is 15.0. The van der Waals surface area contributed by atoms with Crippen LogP contribution in [-0.2, 0) is 6.42 Å². The molecular formula is C82H48N10. The zero-order valence-electron chi connectivity index (χ0n) is 50.0. The first-order valence-corrected chi connectivity index (χ1v) is 30.2. The first kappa shape index (κ1) is 54.2. The third kappa shape index (κ3) is 8.35. The summed E-state index contributed by atoms with van der Waals surface area (Å²) in [6.45, 7) is 6.31. The maximum atomic E-state index is 11.1. The lowest BCUT2D eigenvalue weighted by atomic mass is 9.95. The van der Waals surface area contributed by atoms with Crippen LogP contribution in [0.5, 0.6) is 0 Å². The van der Waals surface area contributed by atoms with Crippen LogP contribution in [0.2, 0.25) is 0 Å². The van der Waals surface area contributed by atoms with Crippen molar-refractivity contribution >= 4 is 87.2 Å². The fourth-order valence-corrected chi connectivity index (χ4v) is 14.4. The van der Waals surface area contributed by atoms with Crippen LogP contribution in [-0.4, -0.2) is 18.3 Å². The lowest BCUT2D eigenvalue weighted by molar-refractivity contribution is 1.12. The number of hydrogen-bond donors (Lipinski definition) is 0. The molecule has 0 saturated heterocycles. The lowest BCUT2D eigenvalue weighted by Crippen LogP contribution is -2.06. The first-order valence-electron chi connectivity index (χ1n) is 30.2. The molecular weight excluding hydrogens is 1120 g/mol. The van der Waals surface area contributed by atoms with E-state index in [1.807, 2.05) is 91.0 Å². The summed E-state index contributed by atoms with van der Waals surface area (Å²) in [6.07, 6.45) is 0.589. The van der Waals surface area contributed by atoms with E-state index < -0.39 is 0 Å². The van der Waals surface area contributed by atoms with Crippen LogP contribution in [0.3, 0.4) is 0 Å². The molecule has 0 fully saturated rings. The molecule has 0 bridgehead atoms. The van der Waals surface area contributed by atoms with Crippen LogP contribution >= 0.6 is 0 Å². The van der Waals surface area contributed by atoms with Gasteiger partial charge in [-0.1, -0.05) is 103 Å². The normalized spacial score (nSPS) is 11.4. The van der Waals surface area contributed by atoms with Crippen LogP contribution in [0.1, 0.15) is 61.2 Å². The van der Waals surface area contributed by atoms with Gasteiger partial charge in [0.05, 0.1) is 137 Å². The molecule has 0 spiro atoms. The van der Waals surface area contributed by atoms with E-state index in [-0.39, 0.29) is 0 Å². The summed E-state index contributed by atoms with van der Waals surface area (Å²) < 4.78 is 8.91. The highest BCUT2D eigenvalue weighted by Crippen LogP contribution is 2.47. The van der Waals surface area contributed by atoms with E-state index in [0.29, 0.717) is 50.9 Å². The Labute approximate surface area is 528 Å². The molecule has 16 aromatic rings. The Morgan fingerprint density at radius 2 is 0.598 bits per heavy atom. The van der Waals surface area contributed by atoms with Gasteiger partial charge in [0.1, 0.15) is 0 Å². The molecule has 12 aromatic carbocycles. The number of hydrogen-bond acceptors (Lipinski definition) is 6. The van der Waals surface area contributed by atoms with Crippen LogP contribution in [0.4, 0.5) is 0 Å². The molecule has 0 saturated carbocycles. The van der Waals surface area contributed by atoms with Gasteiger partial charge in [-0.15, -0.1) is 0 Å². The van der Waals surface area contributed by atoms with Crippen LogP contribution in [0, 0.1) is 88.8 Å². The molecule has 0 aliphatic rings. The summed E-state index contributed by atoms with van der Waals surface area (Å²) in [4.78, 5) is 0. The maximum Gasteiger partial charge on any atom is 0.0993 e. The Kier molecular flexibility index (Phi) is 12.4. The summed E-state index contributed by atoms with van der Waals surface area (Å²) in [7, 11) is 0. The van der Waals surface area contributed by atoms with E-state index in [1.54, 1.807) is 12.1 Å². The zero-order chi connectivity index (χ0) is 62.6. The Bertz CT molecular complexity index is 6170. The van der Waals surface area contributed by atoms with Gasteiger partial charge in [-0.3, -0.25) is 0 Å². The second-order valence-corrected chi connectivity index (χ2v) is 23.8. The average Bonchev–Trinajstić information content (AvgIpc) is 1.54. The SMILES string of the molecule is Cc1ccc2c(c1)c1ccccc1n2-c1cc(C#N)cc(-n2c3ccccc3c3cc(Cc4cc5c6ccccc6n(-c6cc(C#N)cc(-n7c8ccccc8c8ccc(C)cc87)c6-c6cc(C#N)cc(C#N)c6)c5cc4C)ccc32)c1-c1cc(C#N)cc(C#N)c1. The number of nitrogens with zero attached hydrogens (tertiary/aromatic N) is 10. The van der Waals surface area contributed by atoms with Crippen molar-refractivity contribution in [3.63, 3.8) is 0 Å². The number of para-hydroxylation sites is 4. The number of benzene rings is 12. The fraction of sp³-hybridized carbons (Fsp3) is 0.0488. The summed E-state index contributed by atoms with van der Waals surface area (Å²) in [5.74, 6) is 0. The standard InChI is InChI=1S/C82H48N10/c1-48-21-24-73-66(26-48)62-13-5-9-17-70(62)89(73)77-37-56(46-87)38-78(81(77)59-32-52(42-83)29-53(33-59)43-84)90-71-18-10-6-14-63(71)67-36-51(22-25-74(67)90)31-58-41-68-64-15-7-11-19-72(64)92(76(68)28-50(58)3)80-40-57(47-88)39-79(82(80)60-34-54(44-85)30-55(35-60)45-86)91-69-16-8-4-12-61(69)65-23-20-49(2)27-75(65)91/h4-30,32-41H,31H2,1-3H3. The Morgan fingerprint density at radius 3 is 1.04 bits per heavy atom. The molecule has 0 unspecified atom stereocenters. The van der Waals surface area contributed by atoms with Crippen molar-refractivity contribution in [3.05, 3.63) is 286 Å². The predicted octanol–water partition coefficient (Wildman–Crippen LogP) is 19.2. The van der Waals surface area contributed by atoms with Gasteiger partial charge in [-0.25, -0.2) is 0 Å². The highest BCUT2D eigenvalue weighted by molar-refractivity contribution is 6.15. The van der Waals surface area contributed by atoms with E-state index in [1.165, 1.54) is 0 Å². The van der Waals surface area contributed by atoms with Gasteiger partial charge in [-0.05, 0) is 188 Å². The van der Waals surface area contributed by atoms with E-state index in [2.05, 4.69) is 197 Å². The molecule has 4 aromatic heterocycles. The number of nitriles is 6.